The van der Waals surface area contributed by atoms with E-state index in [1.54, 1.807) is 19.1 Å². The second-order valence-electron chi connectivity index (χ2n) is 6.57. The number of ether oxygens (including phenoxy) is 1. The van der Waals surface area contributed by atoms with Crippen molar-refractivity contribution in [3.05, 3.63) is 57.1 Å². The number of aryl methyl sites for hydroxylation is 1. The van der Waals surface area contributed by atoms with Crippen molar-refractivity contribution in [2.45, 2.75) is 20.3 Å². The number of amides is 3. The molecular weight excluding hydrogens is 442 g/mol. The van der Waals surface area contributed by atoms with Crippen LogP contribution in [0.25, 0.3) is 0 Å². The second kappa shape index (κ2) is 10.9. The third-order valence-electron chi connectivity index (χ3n) is 4.08. The summed E-state index contributed by atoms with van der Waals surface area (Å²) >= 11 is 5.97. The lowest BCUT2D eigenvalue weighted by Crippen LogP contribution is -2.33. The average Bonchev–Trinajstić information content (AvgIpc) is 2.74. The topological polar surface area (TPSA) is 152 Å². The van der Waals surface area contributed by atoms with E-state index >= 15 is 0 Å². The molecule has 0 aromatic heterocycles. The SMILES string of the molecule is COc1ccc(NC(=O)C/C(C)=N/NC(=O)C(=O)Nc2ccc(C)c(Cl)c2)c([N+](=O)[O-])c1. The highest BCUT2D eigenvalue weighted by atomic mass is 35.5. The number of carbonyl (C=O) groups is 3. The van der Waals surface area contributed by atoms with Crippen LogP contribution in [0.2, 0.25) is 5.02 Å². The Kier molecular flexibility index (Phi) is 8.24. The van der Waals surface area contributed by atoms with Gasteiger partial charge < -0.3 is 15.4 Å². The number of benzene rings is 2. The molecule has 2 aromatic carbocycles. The first-order valence-corrected chi connectivity index (χ1v) is 9.51. The van der Waals surface area contributed by atoms with Gasteiger partial charge in [-0.1, -0.05) is 17.7 Å². The standard InChI is InChI=1S/C20H20ClN5O6/c1-11-4-5-13(9-15(11)21)22-19(28)20(29)25-24-12(2)8-18(27)23-16-7-6-14(32-3)10-17(16)26(30)31/h4-7,9-10H,8H2,1-3H3,(H,22,28)(H,23,27)(H,25,29)/b24-12+. The Balaban J connectivity index is 1.93. The Morgan fingerprint density at radius 3 is 2.47 bits per heavy atom. The molecule has 0 heterocycles. The number of anilines is 2. The second-order valence-corrected chi connectivity index (χ2v) is 6.98. The van der Waals surface area contributed by atoms with Crippen LogP contribution in [0.3, 0.4) is 0 Å². The summed E-state index contributed by atoms with van der Waals surface area (Å²) in [5.74, 6) is -2.36. The van der Waals surface area contributed by atoms with Crippen LogP contribution in [0.5, 0.6) is 5.75 Å². The first-order valence-electron chi connectivity index (χ1n) is 9.13. The fourth-order valence-corrected chi connectivity index (χ4v) is 2.60. The van der Waals surface area contributed by atoms with Crippen LogP contribution in [0, 0.1) is 17.0 Å². The van der Waals surface area contributed by atoms with Gasteiger partial charge in [-0.2, -0.15) is 5.10 Å². The summed E-state index contributed by atoms with van der Waals surface area (Å²) < 4.78 is 4.94. The van der Waals surface area contributed by atoms with Crippen molar-refractivity contribution < 1.29 is 24.0 Å². The van der Waals surface area contributed by atoms with Crippen molar-refractivity contribution in [2.75, 3.05) is 17.7 Å². The van der Waals surface area contributed by atoms with Crippen molar-refractivity contribution in [2.24, 2.45) is 5.10 Å². The molecule has 0 aliphatic heterocycles. The molecule has 0 saturated carbocycles. The number of nitrogens with one attached hydrogen (secondary N) is 3. The molecule has 12 heteroatoms. The molecule has 3 amide bonds. The van der Waals surface area contributed by atoms with Crippen molar-refractivity contribution in [3.8, 4) is 5.75 Å². The van der Waals surface area contributed by atoms with E-state index in [0.29, 0.717) is 10.7 Å². The van der Waals surface area contributed by atoms with Crippen molar-refractivity contribution in [1.29, 1.82) is 0 Å². The number of carbonyl (C=O) groups excluding carboxylic acids is 3. The highest BCUT2D eigenvalue weighted by Crippen LogP contribution is 2.29. The predicted molar refractivity (Wildman–Crippen MR) is 119 cm³/mol. The molecule has 0 spiro atoms. The van der Waals surface area contributed by atoms with Crippen LogP contribution >= 0.6 is 11.6 Å². The quantitative estimate of drug-likeness (QED) is 0.249. The van der Waals surface area contributed by atoms with Gasteiger partial charge in [-0.25, -0.2) is 5.43 Å². The molecule has 2 aromatic rings. The van der Waals surface area contributed by atoms with Gasteiger partial charge in [0.05, 0.1) is 24.5 Å². The average molecular weight is 462 g/mol. The molecule has 168 valence electrons. The lowest BCUT2D eigenvalue weighted by atomic mass is 10.2. The van der Waals surface area contributed by atoms with E-state index in [4.69, 9.17) is 16.3 Å². The lowest BCUT2D eigenvalue weighted by molar-refractivity contribution is -0.384. The molecule has 3 N–H and O–H groups in total. The van der Waals surface area contributed by atoms with E-state index < -0.39 is 22.6 Å². The number of hydrogen-bond donors (Lipinski definition) is 3. The molecule has 11 nitrogen and oxygen atoms in total. The van der Waals surface area contributed by atoms with E-state index in [0.717, 1.165) is 5.56 Å². The number of nitro benzene ring substituents is 1. The third kappa shape index (κ3) is 6.77. The lowest BCUT2D eigenvalue weighted by Gasteiger charge is -2.08. The van der Waals surface area contributed by atoms with Crippen LogP contribution in [0.4, 0.5) is 17.1 Å². The molecule has 0 radical (unpaired) electrons. The van der Waals surface area contributed by atoms with Crippen LogP contribution in [0.15, 0.2) is 41.5 Å². The minimum absolute atomic E-state index is 0.0197. The van der Waals surface area contributed by atoms with Gasteiger partial charge in [-0.05, 0) is 43.7 Å². The van der Waals surface area contributed by atoms with Gasteiger partial charge >= 0.3 is 11.8 Å². The zero-order valence-electron chi connectivity index (χ0n) is 17.4. The zero-order valence-corrected chi connectivity index (χ0v) is 18.1. The minimum atomic E-state index is -1.05. The van der Waals surface area contributed by atoms with Gasteiger partial charge in [0.25, 0.3) is 5.69 Å². The van der Waals surface area contributed by atoms with Gasteiger partial charge in [0.15, 0.2) is 0 Å². The Morgan fingerprint density at radius 1 is 1.12 bits per heavy atom. The molecule has 0 aliphatic carbocycles. The maximum atomic E-state index is 12.2. The van der Waals surface area contributed by atoms with Crippen molar-refractivity contribution in [1.82, 2.24) is 5.43 Å². The van der Waals surface area contributed by atoms with Crippen LogP contribution < -0.4 is 20.8 Å². The van der Waals surface area contributed by atoms with E-state index in [-0.39, 0.29) is 29.3 Å². The highest BCUT2D eigenvalue weighted by molar-refractivity contribution is 6.40. The number of rotatable bonds is 7. The summed E-state index contributed by atoms with van der Waals surface area (Å²) in [5, 5.41) is 20.1. The van der Waals surface area contributed by atoms with E-state index in [2.05, 4.69) is 15.7 Å². The predicted octanol–water partition coefficient (Wildman–Crippen LogP) is 3.02. The third-order valence-corrected chi connectivity index (χ3v) is 4.48. The van der Waals surface area contributed by atoms with Crippen molar-refractivity contribution >= 4 is 52.1 Å². The summed E-state index contributed by atoms with van der Waals surface area (Å²) in [6.07, 6.45) is -0.279. The zero-order chi connectivity index (χ0) is 23.8. The molecule has 0 bridgehead atoms. The summed E-state index contributed by atoms with van der Waals surface area (Å²) in [6, 6.07) is 8.75. The van der Waals surface area contributed by atoms with Gasteiger partial charge in [-0.15, -0.1) is 0 Å². The first-order chi connectivity index (χ1) is 15.1. The first kappa shape index (κ1) is 24.3. The number of halogens is 1. The van der Waals surface area contributed by atoms with Crippen LogP contribution in [0.1, 0.15) is 18.9 Å². The number of hydrogen-bond acceptors (Lipinski definition) is 7. The number of methoxy groups -OCH3 is 1. The molecular formula is C20H20ClN5O6. The van der Waals surface area contributed by atoms with Crippen molar-refractivity contribution in [3.63, 3.8) is 0 Å². The molecule has 0 fully saturated rings. The van der Waals surface area contributed by atoms with Gasteiger partial charge in [0, 0.05) is 16.4 Å². The van der Waals surface area contributed by atoms with Crippen LogP contribution in [-0.4, -0.2) is 35.5 Å². The van der Waals surface area contributed by atoms with E-state index in [9.17, 15) is 24.5 Å². The Labute approximate surface area is 187 Å². The summed E-state index contributed by atoms with van der Waals surface area (Å²) in [7, 11) is 1.36. The minimum Gasteiger partial charge on any atom is -0.496 e. The smallest absolute Gasteiger partial charge is 0.329 e. The molecule has 0 unspecified atom stereocenters. The van der Waals surface area contributed by atoms with Gasteiger partial charge in [0.2, 0.25) is 5.91 Å². The Hall–Kier alpha value is -3.99. The van der Waals surface area contributed by atoms with E-state index in [1.165, 1.54) is 38.3 Å². The Morgan fingerprint density at radius 2 is 1.84 bits per heavy atom. The molecule has 0 saturated heterocycles. The van der Waals surface area contributed by atoms with E-state index in [1.807, 2.05) is 5.43 Å². The van der Waals surface area contributed by atoms with Gasteiger partial charge in [0.1, 0.15) is 11.4 Å². The fourth-order valence-electron chi connectivity index (χ4n) is 2.42. The molecule has 2 rings (SSSR count). The Bertz CT molecular complexity index is 1100. The monoisotopic (exact) mass is 461 g/mol. The summed E-state index contributed by atoms with van der Waals surface area (Å²) in [4.78, 5) is 46.6. The van der Waals surface area contributed by atoms with Crippen LogP contribution in [-0.2, 0) is 14.4 Å². The number of nitrogens with zero attached hydrogens (tertiary/aromatic N) is 2. The molecule has 0 atom stereocenters. The maximum absolute atomic E-state index is 12.2. The fraction of sp³-hybridized carbons (Fsp3) is 0.200. The normalized spacial score (nSPS) is 10.8. The highest BCUT2D eigenvalue weighted by Gasteiger charge is 2.18. The number of hydrazone groups is 1. The molecule has 32 heavy (non-hydrogen) atoms. The summed E-state index contributed by atoms with van der Waals surface area (Å²) in [6.45, 7) is 3.24. The summed E-state index contributed by atoms with van der Waals surface area (Å²) in [5.41, 5.74) is 3.00. The largest absolute Gasteiger partial charge is 0.496 e. The molecule has 0 aliphatic rings. The van der Waals surface area contributed by atoms with Gasteiger partial charge in [-0.3, -0.25) is 24.5 Å². The number of nitro groups is 1. The maximum Gasteiger partial charge on any atom is 0.329 e.